The van der Waals surface area contributed by atoms with Gasteiger partial charge >= 0.3 is 15.2 Å². The Morgan fingerprint density at radius 3 is 0.714 bits per heavy atom. The Bertz CT molecular complexity index is 1330. The topological polar surface area (TPSA) is 71.1 Å². The molecule has 0 aliphatic carbocycles. The fourth-order valence-corrected chi connectivity index (χ4v) is 9.06. The molecule has 0 aliphatic heterocycles. The fraction of sp³-hybridized carbons (Fsp3) is 0. The van der Waals surface area contributed by atoms with Crippen molar-refractivity contribution < 1.29 is 44.2 Å². The summed E-state index contributed by atoms with van der Waals surface area (Å²) in [6, 6.07) is 59.3. The third kappa shape index (κ3) is 16.7. The van der Waals surface area contributed by atoms with Crippen LogP contribution in [0.5, 0.6) is 23.0 Å². The molecule has 0 heterocycles. The smallest absolute Gasteiger partial charge is 0.365 e. The van der Waals surface area contributed by atoms with Gasteiger partial charge in [-0.05, 0) is 95.6 Å². The van der Waals surface area contributed by atoms with Crippen molar-refractivity contribution in [2.24, 2.45) is 0 Å². The molecular weight excluding hydrogens is 737 g/mol. The number of benzene rings is 6. The molecule has 0 saturated carbocycles. The average Bonchev–Trinajstić information content (AvgIpc) is 3.16. The van der Waals surface area contributed by atoms with Crippen molar-refractivity contribution in [3.05, 3.63) is 182 Å². The minimum absolute atomic E-state index is 0. The summed E-state index contributed by atoms with van der Waals surface area (Å²) >= 11 is 3.20. The van der Waals surface area contributed by atoms with E-state index < -0.39 is 15.2 Å². The predicted octanol–water partition coefficient (Wildman–Crippen LogP) is 11.5. The molecule has 6 aromatic carbocycles. The van der Waals surface area contributed by atoms with Crippen molar-refractivity contribution in [2.45, 2.75) is 9.79 Å². The Kier molecular flexibility index (Phi) is 21.7. The van der Waals surface area contributed by atoms with E-state index in [1.54, 1.807) is 22.8 Å². The van der Waals surface area contributed by atoms with E-state index in [-0.39, 0.29) is 16.5 Å². The van der Waals surface area contributed by atoms with Crippen LogP contribution in [0.3, 0.4) is 0 Å². The molecule has 0 N–H and O–H groups in total. The third-order valence-electron chi connectivity index (χ3n) is 5.54. The molecule has 0 aromatic heterocycles. The fourth-order valence-electron chi connectivity index (χ4n) is 3.52. The molecule has 6 nitrogen and oxygen atoms in total. The molecule has 4 radical (unpaired) electrons. The summed E-state index contributed by atoms with van der Waals surface area (Å²) in [7, 11) is -2.35. The second-order valence-electron chi connectivity index (χ2n) is 8.87. The van der Waals surface area contributed by atoms with Gasteiger partial charge in [0, 0.05) is 26.3 Å². The zero-order valence-electron chi connectivity index (χ0n) is 25.8. The Morgan fingerprint density at radius 1 is 0.327 bits per heavy atom. The minimum Gasteiger partial charge on any atom is -0.431 e. The molecule has 6 rings (SSSR count). The number of hydrogen-bond acceptors (Lipinski definition) is 8. The van der Waals surface area contributed by atoms with Crippen LogP contribution in [0.1, 0.15) is 0 Å². The summed E-state index contributed by atoms with van der Waals surface area (Å²) in [5.74, 6) is 3.25. The minimum atomic E-state index is -1.17. The maximum atomic E-state index is 7.50. The second-order valence-corrected chi connectivity index (χ2v) is 14.7. The maximum absolute atomic E-state index is 7.50. The summed E-state index contributed by atoms with van der Waals surface area (Å²) in [6.45, 7) is 9.00. The van der Waals surface area contributed by atoms with Gasteiger partial charge in [-0.15, -0.1) is 0 Å². The van der Waals surface area contributed by atoms with Crippen molar-refractivity contribution in [1.29, 1.82) is 0 Å². The van der Waals surface area contributed by atoms with E-state index in [2.05, 4.69) is 37.8 Å². The average molecular weight is 767 g/mol. The van der Waals surface area contributed by atoms with Gasteiger partial charge in [0.25, 0.3) is 13.6 Å². The van der Waals surface area contributed by atoms with Crippen molar-refractivity contribution in [1.82, 2.24) is 0 Å². The summed E-state index contributed by atoms with van der Waals surface area (Å²) < 4.78 is 24.1. The largest absolute Gasteiger partial charge is 0.431 e. The van der Waals surface area contributed by atoms with Gasteiger partial charge in [-0.25, -0.2) is 0 Å². The third-order valence-corrected chi connectivity index (χ3v) is 11.3. The van der Waals surface area contributed by atoms with Crippen molar-refractivity contribution in [3.63, 3.8) is 0 Å². The van der Waals surface area contributed by atoms with Gasteiger partial charge in [0.2, 0.25) is 0 Å². The van der Waals surface area contributed by atoms with Crippen LogP contribution >= 0.6 is 37.9 Å². The first-order valence-electron chi connectivity index (χ1n) is 14.2. The monoisotopic (exact) mass is 766 g/mol. The van der Waals surface area contributed by atoms with Crippen LogP contribution in [-0.4, -0.2) is 13.6 Å². The number of para-hydroxylation sites is 4. The second kappa shape index (κ2) is 25.9. The van der Waals surface area contributed by atoms with Gasteiger partial charge in [-0.3, -0.25) is 9.59 Å². The van der Waals surface area contributed by atoms with Crippen LogP contribution in [0.15, 0.2) is 192 Å². The first kappa shape index (κ1) is 41.1. The van der Waals surface area contributed by atoms with E-state index >= 15 is 0 Å². The number of carbonyl (C=O) groups excluding carboxylic acids is 2. The SMILES string of the molecule is [C]=O.[C]=O.[Ni].c1ccc(OP(Oc2ccccc2)Sc2ccccc2)cc1.c1ccc(OP(Oc2ccccc2)Sc2ccccc2)cc1. The first-order valence-corrected chi connectivity index (χ1v) is 19.4. The van der Waals surface area contributed by atoms with Gasteiger partial charge in [0.05, 0.1) is 0 Å². The van der Waals surface area contributed by atoms with Crippen molar-refractivity contribution in [2.75, 3.05) is 0 Å². The van der Waals surface area contributed by atoms with E-state index in [4.69, 9.17) is 27.7 Å². The van der Waals surface area contributed by atoms with Gasteiger partial charge in [-0.1, -0.05) is 109 Å². The Morgan fingerprint density at radius 2 is 0.510 bits per heavy atom. The first-order chi connectivity index (χ1) is 23.8. The van der Waals surface area contributed by atoms with Gasteiger partial charge in [0.15, 0.2) is 0 Å². The van der Waals surface area contributed by atoms with E-state index in [9.17, 15) is 0 Å². The Labute approximate surface area is 308 Å². The normalized spacial score (nSPS) is 9.51. The van der Waals surface area contributed by atoms with Crippen molar-refractivity contribution >= 4 is 51.5 Å². The van der Waals surface area contributed by atoms with Gasteiger partial charge in [0.1, 0.15) is 23.0 Å². The molecule has 0 spiro atoms. The zero-order valence-corrected chi connectivity index (χ0v) is 30.2. The molecule has 0 amide bonds. The van der Waals surface area contributed by atoms with Crippen LogP contribution in [0.25, 0.3) is 0 Å². The van der Waals surface area contributed by atoms with Crippen LogP contribution in [0, 0.1) is 0 Å². The van der Waals surface area contributed by atoms with Crippen LogP contribution in [0.4, 0.5) is 0 Å². The quantitative estimate of drug-likeness (QED) is 0.0901. The molecule has 6 aromatic rings. The number of rotatable bonds is 12. The van der Waals surface area contributed by atoms with Crippen LogP contribution in [-0.2, 0) is 26.1 Å². The maximum Gasteiger partial charge on any atom is 0.365 e. The molecule has 0 fully saturated rings. The predicted molar refractivity (Wildman–Crippen MR) is 198 cm³/mol. The summed E-state index contributed by atoms with van der Waals surface area (Å²) in [4.78, 5) is 17.3. The standard InChI is InChI=1S/2C18H15O2PS.2CO.Ni/c2*1-4-10-16(11-5-1)19-21(20-17-12-6-2-7-13-17)22-18-14-8-3-9-15-18;2*1-2;/h2*1-15H;;;. The molecule has 0 unspecified atom stereocenters. The molecule has 250 valence electrons. The molecule has 0 aliphatic rings. The van der Waals surface area contributed by atoms with Crippen molar-refractivity contribution in [3.8, 4) is 23.0 Å². The molecule has 49 heavy (non-hydrogen) atoms. The van der Waals surface area contributed by atoms with E-state index in [1.165, 1.54) is 0 Å². The molecule has 0 saturated heterocycles. The Balaban J connectivity index is 0.000000303. The Hall–Kier alpha value is -4.09. The van der Waals surface area contributed by atoms with Crippen LogP contribution in [0.2, 0.25) is 0 Å². The summed E-state index contributed by atoms with van der Waals surface area (Å²) in [5.41, 5.74) is 0. The van der Waals surface area contributed by atoms with E-state index in [1.807, 2.05) is 158 Å². The summed E-state index contributed by atoms with van der Waals surface area (Å²) in [6.07, 6.45) is 0. The molecule has 0 atom stereocenters. The van der Waals surface area contributed by atoms with E-state index in [0.717, 1.165) is 32.8 Å². The summed E-state index contributed by atoms with van der Waals surface area (Å²) in [5, 5.41) is 0. The molecule has 11 heteroatoms. The van der Waals surface area contributed by atoms with Gasteiger partial charge < -0.3 is 18.1 Å². The zero-order chi connectivity index (χ0) is 34.1. The molecule has 0 bridgehead atoms. The van der Waals surface area contributed by atoms with Crippen LogP contribution < -0.4 is 18.1 Å². The van der Waals surface area contributed by atoms with E-state index in [0.29, 0.717) is 0 Å². The molecular formula is C38H30NiO6P2S2. The van der Waals surface area contributed by atoms with Gasteiger partial charge in [-0.2, -0.15) is 0 Å². The number of hydrogen-bond donors (Lipinski definition) is 0.